The second kappa shape index (κ2) is 8.12. The van der Waals surface area contributed by atoms with Gasteiger partial charge < -0.3 is 10.0 Å². The number of ketones is 1. The number of aliphatic hydroxyl groups is 1. The number of Topliss-reactive ketones (excluding diaryl/α,β-unsaturated/α-hetero) is 1. The summed E-state index contributed by atoms with van der Waals surface area (Å²) in [4.78, 5) is 28.0. The second-order valence-corrected chi connectivity index (χ2v) is 8.63. The molecule has 1 aliphatic heterocycles. The van der Waals surface area contributed by atoms with Crippen molar-refractivity contribution in [2.75, 3.05) is 4.90 Å². The summed E-state index contributed by atoms with van der Waals surface area (Å²) in [5, 5.41) is 11.5. The summed E-state index contributed by atoms with van der Waals surface area (Å²) in [5.74, 6) is -0.341. The van der Waals surface area contributed by atoms with Crippen LogP contribution in [0.25, 0.3) is 0 Å². The molecule has 1 aliphatic rings. The number of hydrogen-bond donors (Lipinski definition) is 1. The van der Waals surface area contributed by atoms with Crippen molar-refractivity contribution >= 4 is 17.4 Å². The van der Waals surface area contributed by atoms with Gasteiger partial charge in [0.1, 0.15) is 0 Å². The Labute approximate surface area is 183 Å². The van der Waals surface area contributed by atoms with Crippen molar-refractivity contribution in [1.29, 1.82) is 0 Å². The van der Waals surface area contributed by atoms with Gasteiger partial charge in [0.05, 0.1) is 18.7 Å². The minimum Gasteiger partial charge on any atom is -0.375 e. The molecular weight excluding hydrogens is 386 g/mol. The number of rotatable bonds is 6. The first-order chi connectivity index (χ1) is 14.8. The smallest absolute Gasteiger partial charge is 0.264 e. The quantitative estimate of drug-likeness (QED) is 0.570. The van der Waals surface area contributed by atoms with Crippen molar-refractivity contribution in [3.05, 3.63) is 101 Å². The van der Waals surface area contributed by atoms with Crippen LogP contribution in [0.2, 0.25) is 0 Å². The zero-order chi connectivity index (χ0) is 22.2. The molecule has 0 spiro atoms. The lowest BCUT2D eigenvalue weighted by Gasteiger charge is -2.23. The number of aryl methyl sites for hydroxylation is 1. The molecule has 3 aromatic rings. The molecule has 0 saturated carbocycles. The van der Waals surface area contributed by atoms with Crippen molar-refractivity contribution in [2.45, 2.75) is 45.3 Å². The Morgan fingerprint density at radius 3 is 2.26 bits per heavy atom. The van der Waals surface area contributed by atoms with Crippen molar-refractivity contribution in [2.24, 2.45) is 0 Å². The van der Waals surface area contributed by atoms with Gasteiger partial charge in [0.25, 0.3) is 5.91 Å². The van der Waals surface area contributed by atoms with Crippen LogP contribution in [0, 0.1) is 6.92 Å². The standard InChI is InChI=1S/C27H27NO3/c1-18(2)21-12-14-22(15-13-21)25(29)16-27(31)23-6-4-5-7-24(23)28(26(27)30)17-20-10-8-19(3)9-11-20/h4-15,18,31H,16-17H2,1-3H3/t27-/m0/s1. The Hall–Kier alpha value is -3.24. The van der Waals surface area contributed by atoms with Crippen molar-refractivity contribution in [3.63, 3.8) is 0 Å². The number of nitrogens with zero attached hydrogens (tertiary/aromatic N) is 1. The maximum Gasteiger partial charge on any atom is 0.264 e. The Balaban J connectivity index is 1.63. The number of amides is 1. The number of benzene rings is 3. The van der Waals surface area contributed by atoms with E-state index in [1.807, 2.05) is 55.5 Å². The summed E-state index contributed by atoms with van der Waals surface area (Å²) in [7, 11) is 0. The molecule has 0 unspecified atom stereocenters. The first kappa shape index (κ1) is 21.0. The molecule has 1 amide bonds. The molecule has 4 heteroatoms. The number of para-hydroxylation sites is 1. The third-order valence-electron chi connectivity index (χ3n) is 6.02. The number of anilines is 1. The molecule has 4 nitrogen and oxygen atoms in total. The highest BCUT2D eigenvalue weighted by Gasteiger charge is 2.50. The fourth-order valence-corrected chi connectivity index (χ4v) is 4.10. The summed E-state index contributed by atoms with van der Waals surface area (Å²) in [6, 6.07) is 22.5. The molecule has 0 saturated heterocycles. The monoisotopic (exact) mass is 413 g/mol. The van der Waals surface area contributed by atoms with E-state index in [0.717, 1.165) is 16.7 Å². The fraction of sp³-hybridized carbons (Fsp3) is 0.259. The zero-order valence-corrected chi connectivity index (χ0v) is 18.1. The van der Waals surface area contributed by atoms with Gasteiger partial charge in [-0.25, -0.2) is 0 Å². The van der Waals surface area contributed by atoms with Crippen LogP contribution in [-0.4, -0.2) is 16.8 Å². The van der Waals surface area contributed by atoms with Crippen LogP contribution in [0.4, 0.5) is 5.69 Å². The molecule has 1 heterocycles. The van der Waals surface area contributed by atoms with Crippen LogP contribution >= 0.6 is 0 Å². The van der Waals surface area contributed by atoms with E-state index >= 15 is 0 Å². The van der Waals surface area contributed by atoms with Crippen LogP contribution in [-0.2, 0) is 16.9 Å². The summed E-state index contributed by atoms with van der Waals surface area (Å²) in [5.41, 5.74) is 3.02. The predicted molar refractivity (Wildman–Crippen MR) is 122 cm³/mol. The van der Waals surface area contributed by atoms with E-state index in [-0.39, 0.29) is 12.2 Å². The Morgan fingerprint density at radius 1 is 0.968 bits per heavy atom. The molecule has 0 aliphatic carbocycles. The second-order valence-electron chi connectivity index (χ2n) is 8.63. The minimum absolute atomic E-state index is 0.252. The average Bonchev–Trinajstić information content (AvgIpc) is 2.97. The molecule has 158 valence electrons. The summed E-state index contributed by atoms with van der Waals surface area (Å²) in [6.07, 6.45) is -0.283. The van der Waals surface area contributed by atoms with Gasteiger partial charge in [0.2, 0.25) is 0 Å². The van der Waals surface area contributed by atoms with Gasteiger partial charge in [-0.15, -0.1) is 0 Å². The lowest BCUT2D eigenvalue weighted by molar-refractivity contribution is -0.136. The molecule has 4 rings (SSSR count). The number of hydrogen-bond acceptors (Lipinski definition) is 3. The Bertz CT molecular complexity index is 1120. The molecule has 0 fully saturated rings. The largest absolute Gasteiger partial charge is 0.375 e. The first-order valence-electron chi connectivity index (χ1n) is 10.6. The van der Waals surface area contributed by atoms with E-state index in [1.165, 1.54) is 0 Å². The third kappa shape index (κ3) is 3.91. The minimum atomic E-state index is -1.87. The van der Waals surface area contributed by atoms with E-state index < -0.39 is 11.5 Å². The highest BCUT2D eigenvalue weighted by atomic mass is 16.3. The van der Waals surface area contributed by atoms with Crippen LogP contribution in [0.15, 0.2) is 72.8 Å². The molecule has 0 aromatic heterocycles. The van der Waals surface area contributed by atoms with Crippen molar-refractivity contribution in [3.8, 4) is 0 Å². The summed E-state index contributed by atoms with van der Waals surface area (Å²) >= 11 is 0. The zero-order valence-electron chi connectivity index (χ0n) is 18.1. The lowest BCUT2D eigenvalue weighted by Crippen LogP contribution is -2.41. The molecule has 3 aromatic carbocycles. The van der Waals surface area contributed by atoms with Crippen LogP contribution < -0.4 is 4.90 Å². The Kier molecular flexibility index (Phi) is 5.50. The normalized spacial score (nSPS) is 17.8. The Morgan fingerprint density at radius 2 is 1.61 bits per heavy atom. The first-order valence-corrected chi connectivity index (χ1v) is 10.6. The predicted octanol–water partition coefficient (Wildman–Crippen LogP) is 5.13. The number of carbonyl (C=O) groups is 2. The summed E-state index contributed by atoms with van der Waals surface area (Å²) in [6.45, 7) is 6.54. The van der Waals surface area contributed by atoms with E-state index in [9.17, 15) is 14.7 Å². The average molecular weight is 414 g/mol. The number of carbonyl (C=O) groups excluding carboxylic acids is 2. The molecule has 0 radical (unpaired) electrons. The van der Waals surface area contributed by atoms with Gasteiger partial charge in [0, 0.05) is 11.1 Å². The molecule has 1 N–H and O–H groups in total. The van der Waals surface area contributed by atoms with Crippen molar-refractivity contribution in [1.82, 2.24) is 0 Å². The maximum absolute atomic E-state index is 13.4. The maximum atomic E-state index is 13.4. The lowest BCUT2D eigenvalue weighted by atomic mass is 9.87. The summed E-state index contributed by atoms with van der Waals surface area (Å²) < 4.78 is 0. The van der Waals surface area contributed by atoms with E-state index in [1.54, 1.807) is 29.2 Å². The van der Waals surface area contributed by atoms with E-state index in [4.69, 9.17) is 0 Å². The van der Waals surface area contributed by atoms with Crippen LogP contribution in [0.1, 0.15) is 58.8 Å². The molecule has 0 bridgehead atoms. The highest BCUT2D eigenvalue weighted by Crippen LogP contribution is 2.43. The molecule has 31 heavy (non-hydrogen) atoms. The van der Waals surface area contributed by atoms with Gasteiger partial charge >= 0.3 is 0 Å². The van der Waals surface area contributed by atoms with Gasteiger partial charge in [0.15, 0.2) is 11.4 Å². The van der Waals surface area contributed by atoms with Crippen LogP contribution in [0.3, 0.4) is 0 Å². The van der Waals surface area contributed by atoms with Gasteiger partial charge in [-0.3, -0.25) is 9.59 Å². The van der Waals surface area contributed by atoms with Crippen molar-refractivity contribution < 1.29 is 14.7 Å². The molecular formula is C27H27NO3. The highest BCUT2D eigenvalue weighted by molar-refractivity contribution is 6.10. The third-order valence-corrected chi connectivity index (χ3v) is 6.02. The van der Waals surface area contributed by atoms with Gasteiger partial charge in [-0.2, -0.15) is 0 Å². The van der Waals surface area contributed by atoms with Gasteiger partial charge in [-0.05, 0) is 30.0 Å². The number of fused-ring (bicyclic) bond motifs is 1. The fourth-order valence-electron chi connectivity index (χ4n) is 4.10. The van der Waals surface area contributed by atoms with Crippen LogP contribution in [0.5, 0.6) is 0 Å². The topological polar surface area (TPSA) is 57.6 Å². The van der Waals surface area contributed by atoms with E-state index in [0.29, 0.717) is 29.3 Å². The van der Waals surface area contributed by atoms with E-state index in [2.05, 4.69) is 13.8 Å². The molecule has 1 atom stereocenters. The van der Waals surface area contributed by atoms with Gasteiger partial charge in [-0.1, -0.05) is 86.1 Å². The SMILES string of the molecule is Cc1ccc(CN2C(=O)[C@](O)(CC(=O)c3ccc(C(C)C)cc3)c3ccccc32)cc1.